The molecule has 0 nitrogen and oxygen atoms in total. The minimum absolute atomic E-state index is 1.08. The van der Waals surface area contributed by atoms with Gasteiger partial charge in [-0.2, -0.15) is 0 Å². The van der Waals surface area contributed by atoms with Crippen molar-refractivity contribution in [3.8, 4) is 33.4 Å². The molecule has 0 saturated carbocycles. The number of aryl methyl sites for hydroxylation is 1. The van der Waals surface area contributed by atoms with E-state index in [0.717, 1.165) is 19.3 Å². The maximum Gasteiger partial charge on any atom is -0.00103 e. The molecule has 0 amide bonds. The van der Waals surface area contributed by atoms with Crippen LogP contribution in [0.25, 0.3) is 44.2 Å². The van der Waals surface area contributed by atoms with E-state index < -0.39 is 0 Å². The molecule has 0 N–H and O–H groups in total. The molecule has 0 aliphatic heterocycles. The summed E-state index contributed by atoms with van der Waals surface area (Å²) in [4.78, 5) is 0. The van der Waals surface area contributed by atoms with Crippen molar-refractivity contribution in [1.29, 1.82) is 0 Å². The van der Waals surface area contributed by atoms with E-state index in [-0.39, 0.29) is 0 Å². The Morgan fingerprint density at radius 3 is 2.07 bits per heavy atom. The highest BCUT2D eigenvalue weighted by molar-refractivity contribution is 6.18. The number of rotatable bonds is 2. The van der Waals surface area contributed by atoms with Gasteiger partial charge in [0.2, 0.25) is 0 Å². The third kappa shape index (κ3) is 1.86. The van der Waals surface area contributed by atoms with E-state index in [1.807, 2.05) is 0 Å². The zero-order valence-corrected chi connectivity index (χ0v) is 16.8. The first-order valence-electron chi connectivity index (χ1n) is 10.6. The molecule has 0 bridgehead atoms. The molecule has 28 heavy (non-hydrogen) atoms. The molecule has 136 valence electrons. The van der Waals surface area contributed by atoms with Crippen molar-refractivity contribution in [1.82, 2.24) is 0 Å². The Hall–Kier alpha value is -2.86. The molecular weight excluding hydrogens is 336 g/mol. The summed E-state index contributed by atoms with van der Waals surface area (Å²) in [7, 11) is 0. The second-order valence-corrected chi connectivity index (χ2v) is 8.31. The average Bonchev–Trinajstić information content (AvgIpc) is 3.24. The summed E-state index contributed by atoms with van der Waals surface area (Å²) in [5.41, 5.74) is 16.5. The third-order valence-corrected chi connectivity index (χ3v) is 6.87. The van der Waals surface area contributed by atoms with Crippen molar-refractivity contribution < 1.29 is 0 Å². The van der Waals surface area contributed by atoms with Gasteiger partial charge in [0.25, 0.3) is 0 Å². The summed E-state index contributed by atoms with van der Waals surface area (Å²) in [6.45, 7) is 6.87. The summed E-state index contributed by atoms with van der Waals surface area (Å²) >= 11 is 0. The molecule has 0 saturated heterocycles. The van der Waals surface area contributed by atoms with Crippen LogP contribution in [-0.2, 0) is 19.3 Å². The predicted octanol–water partition coefficient (Wildman–Crippen LogP) is 7.49. The molecule has 6 rings (SSSR count). The van der Waals surface area contributed by atoms with Gasteiger partial charge in [0, 0.05) is 0 Å². The molecule has 0 spiro atoms. The molecule has 0 atom stereocenters. The number of fused-ring (bicyclic) bond motifs is 6. The van der Waals surface area contributed by atoms with Gasteiger partial charge in [-0.1, -0.05) is 74.0 Å². The summed E-state index contributed by atoms with van der Waals surface area (Å²) in [5, 5.41) is 2.82. The van der Waals surface area contributed by atoms with Gasteiger partial charge in [-0.3, -0.25) is 0 Å². The van der Waals surface area contributed by atoms with Crippen molar-refractivity contribution >= 4 is 10.8 Å². The van der Waals surface area contributed by atoms with Crippen molar-refractivity contribution in [2.75, 3.05) is 0 Å². The predicted molar refractivity (Wildman–Crippen MR) is 120 cm³/mol. The topological polar surface area (TPSA) is 0 Å². The molecule has 4 aromatic carbocycles. The molecule has 4 aromatic rings. The van der Waals surface area contributed by atoms with Crippen LogP contribution < -0.4 is 0 Å². The maximum atomic E-state index is 2.40. The summed E-state index contributed by atoms with van der Waals surface area (Å²) in [5.74, 6) is 0. The van der Waals surface area contributed by atoms with Gasteiger partial charge in [-0.05, 0) is 92.6 Å². The van der Waals surface area contributed by atoms with E-state index in [1.165, 1.54) is 55.3 Å². The average molecular weight is 361 g/mol. The third-order valence-electron chi connectivity index (χ3n) is 6.87. The van der Waals surface area contributed by atoms with Gasteiger partial charge in [0.1, 0.15) is 0 Å². The SMILES string of the molecule is CCc1c2c(c(CC)c3c1-c1cccc4cccc-3c14)-c1ccc(C)cc1C2. The minimum atomic E-state index is 1.08. The van der Waals surface area contributed by atoms with Crippen LogP contribution in [0.2, 0.25) is 0 Å². The van der Waals surface area contributed by atoms with E-state index >= 15 is 0 Å². The van der Waals surface area contributed by atoms with Crippen LogP contribution in [0.4, 0.5) is 0 Å². The number of hydrogen-bond acceptors (Lipinski definition) is 0. The summed E-state index contributed by atoms with van der Waals surface area (Å²) in [6, 6.07) is 20.7. The van der Waals surface area contributed by atoms with Crippen LogP contribution in [0, 0.1) is 6.92 Å². The highest BCUT2D eigenvalue weighted by Gasteiger charge is 2.33. The summed E-state index contributed by atoms with van der Waals surface area (Å²) < 4.78 is 0. The van der Waals surface area contributed by atoms with E-state index in [9.17, 15) is 0 Å². The van der Waals surface area contributed by atoms with E-state index in [1.54, 1.807) is 16.7 Å². The highest BCUT2D eigenvalue weighted by Crippen LogP contribution is 2.56. The van der Waals surface area contributed by atoms with Gasteiger partial charge in [-0.25, -0.2) is 0 Å². The van der Waals surface area contributed by atoms with Crippen LogP contribution in [-0.4, -0.2) is 0 Å². The van der Waals surface area contributed by atoms with Crippen LogP contribution >= 0.6 is 0 Å². The van der Waals surface area contributed by atoms with Crippen LogP contribution in [0.3, 0.4) is 0 Å². The summed E-state index contributed by atoms with van der Waals surface area (Å²) in [6.07, 6.45) is 3.25. The number of hydrogen-bond donors (Lipinski definition) is 0. The first-order chi connectivity index (χ1) is 13.7. The molecule has 0 fully saturated rings. The standard InChI is InChI=1S/C28H24/c1-4-19-24-15-18-14-16(3)12-13-21(18)26(24)20(5-2)28-23-11-7-9-17-8-6-10-22(25(17)23)27(19)28/h6-14H,4-5,15H2,1-3H3. The normalized spacial score (nSPS) is 13.0. The molecule has 2 aliphatic rings. The van der Waals surface area contributed by atoms with E-state index in [4.69, 9.17) is 0 Å². The maximum absolute atomic E-state index is 2.40. The number of benzene rings is 4. The lowest BCUT2D eigenvalue weighted by atomic mass is 9.83. The molecule has 0 unspecified atom stereocenters. The van der Waals surface area contributed by atoms with Gasteiger partial charge in [-0.15, -0.1) is 0 Å². The van der Waals surface area contributed by atoms with Gasteiger partial charge in [0.05, 0.1) is 0 Å². The lowest BCUT2D eigenvalue weighted by Crippen LogP contribution is -2.01. The Balaban J connectivity index is 1.81. The fourth-order valence-electron chi connectivity index (χ4n) is 5.83. The Morgan fingerprint density at radius 2 is 1.39 bits per heavy atom. The smallest absolute Gasteiger partial charge is 0.00103 e. The van der Waals surface area contributed by atoms with Crippen LogP contribution in [0.15, 0.2) is 54.6 Å². The van der Waals surface area contributed by atoms with Crippen molar-refractivity contribution in [3.05, 3.63) is 82.4 Å². The zero-order valence-electron chi connectivity index (χ0n) is 16.8. The molecule has 0 aromatic heterocycles. The van der Waals surface area contributed by atoms with Crippen molar-refractivity contribution in [2.45, 2.75) is 40.0 Å². The van der Waals surface area contributed by atoms with E-state index in [0.29, 0.717) is 0 Å². The quantitative estimate of drug-likeness (QED) is 0.300. The second-order valence-electron chi connectivity index (χ2n) is 8.31. The molecule has 2 aliphatic carbocycles. The second kappa shape index (κ2) is 5.58. The molecule has 0 heterocycles. The Labute approximate surface area is 166 Å². The monoisotopic (exact) mass is 360 g/mol. The zero-order chi connectivity index (χ0) is 19.0. The van der Waals surface area contributed by atoms with Crippen molar-refractivity contribution in [2.24, 2.45) is 0 Å². The molecule has 0 radical (unpaired) electrons. The fourth-order valence-corrected chi connectivity index (χ4v) is 5.83. The Kier molecular flexibility index (Phi) is 3.21. The first-order valence-corrected chi connectivity index (χ1v) is 10.6. The molecule has 0 heteroatoms. The van der Waals surface area contributed by atoms with Crippen LogP contribution in [0.5, 0.6) is 0 Å². The first kappa shape index (κ1) is 16.1. The Bertz CT molecular complexity index is 1300. The lowest BCUT2D eigenvalue weighted by Gasteiger charge is -2.20. The van der Waals surface area contributed by atoms with Gasteiger partial charge in [0.15, 0.2) is 0 Å². The van der Waals surface area contributed by atoms with Crippen LogP contribution in [0.1, 0.15) is 41.7 Å². The molecular formula is C28H24. The fraction of sp³-hybridized carbons (Fsp3) is 0.214. The van der Waals surface area contributed by atoms with Gasteiger partial charge < -0.3 is 0 Å². The van der Waals surface area contributed by atoms with Crippen molar-refractivity contribution in [3.63, 3.8) is 0 Å². The lowest BCUT2D eigenvalue weighted by molar-refractivity contribution is 1.07. The van der Waals surface area contributed by atoms with Gasteiger partial charge >= 0.3 is 0 Å². The highest BCUT2D eigenvalue weighted by atomic mass is 14.4. The van der Waals surface area contributed by atoms with E-state index in [2.05, 4.69) is 75.4 Å². The minimum Gasteiger partial charge on any atom is -0.0613 e. The largest absolute Gasteiger partial charge is 0.0613 e. The Morgan fingerprint density at radius 1 is 0.714 bits per heavy atom.